The summed E-state index contributed by atoms with van der Waals surface area (Å²) in [5.74, 6) is -1.92. The van der Waals surface area contributed by atoms with Crippen LogP contribution in [0.3, 0.4) is 0 Å². The Hall–Kier alpha value is -4.06. The van der Waals surface area contributed by atoms with Gasteiger partial charge in [0.05, 0.1) is 37.8 Å². The first-order chi connectivity index (χ1) is 16.3. The van der Waals surface area contributed by atoms with E-state index in [9.17, 15) is 15.8 Å². The minimum atomic E-state index is -2.05. The molecule has 8 nitrogen and oxygen atoms in total. The lowest BCUT2D eigenvalue weighted by atomic mass is 9.53. The molecule has 2 saturated heterocycles. The molecule has 8 heteroatoms. The molecule has 172 valence electrons. The number of nitriles is 3. The van der Waals surface area contributed by atoms with Gasteiger partial charge in [0.2, 0.25) is 17.1 Å². The minimum absolute atomic E-state index is 0.394. The number of aryl methyl sites for hydroxylation is 1. The average Bonchev–Trinajstić information content (AvgIpc) is 3.01. The number of nitrogens with zero attached hydrogens (tertiary/aromatic N) is 3. The highest BCUT2D eigenvalue weighted by Gasteiger charge is 2.79. The Morgan fingerprint density at radius 3 is 2.26 bits per heavy atom. The van der Waals surface area contributed by atoms with Crippen molar-refractivity contribution in [2.24, 2.45) is 16.7 Å². The molecule has 2 heterocycles. The molecule has 4 atom stereocenters. The summed E-state index contributed by atoms with van der Waals surface area (Å²) in [6.07, 6.45) is -1.22. The molecular formula is C26H24N4O4. The largest absolute Gasteiger partial charge is 0.493 e. The van der Waals surface area contributed by atoms with Crippen molar-refractivity contribution < 1.29 is 18.9 Å². The van der Waals surface area contributed by atoms with Crippen LogP contribution >= 0.6 is 0 Å². The third-order valence-corrected chi connectivity index (χ3v) is 6.91. The number of hydrogen-bond donors (Lipinski definition) is 1. The van der Waals surface area contributed by atoms with Crippen LogP contribution in [0.15, 0.2) is 42.5 Å². The Labute approximate surface area is 198 Å². The molecule has 4 rings (SSSR count). The van der Waals surface area contributed by atoms with Crippen molar-refractivity contribution in [2.45, 2.75) is 32.7 Å². The fourth-order valence-corrected chi connectivity index (χ4v) is 5.08. The van der Waals surface area contributed by atoms with Crippen LogP contribution in [-0.4, -0.2) is 19.6 Å². The van der Waals surface area contributed by atoms with E-state index in [-0.39, 0.29) is 0 Å². The third kappa shape index (κ3) is 2.75. The summed E-state index contributed by atoms with van der Waals surface area (Å²) < 4.78 is 23.6. The lowest BCUT2D eigenvalue weighted by Gasteiger charge is -2.48. The van der Waals surface area contributed by atoms with Crippen molar-refractivity contribution in [1.29, 1.82) is 21.2 Å². The first-order valence-electron chi connectivity index (χ1n) is 10.9. The molecule has 4 unspecified atom stereocenters. The second kappa shape index (κ2) is 8.06. The molecule has 1 N–H and O–H groups in total. The van der Waals surface area contributed by atoms with Gasteiger partial charge in [-0.2, -0.15) is 15.8 Å². The molecule has 2 aliphatic rings. The minimum Gasteiger partial charge on any atom is -0.493 e. The molecule has 0 aliphatic carbocycles. The van der Waals surface area contributed by atoms with Gasteiger partial charge >= 0.3 is 0 Å². The Kier molecular flexibility index (Phi) is 5.48. The van der Waals surface area contributed by atoms with Gasteiger partial charge in [0, 0.05) is 5.56 Å². The molecule has 34 heavy (non-hydrogen) atoms. The van der Waals surface area contributed by atoms with Crippen LogP contribution < -0.4 is 9.47 Å². The highest BCUT2D eigenvalue weighted by molar-refractivity contribution is 5.89. The number of rotatable bonds is 5. The topological polar surface area (TPSA) is 132 Å². The summed E-state index contributed by atoms with van der Waals surface area (Å²) >= 11 is 0. The summed E-state index contributed by atoms with van der Waals surface area (Å²) in [4.78, 5) is 0. The van der Waals surface area contributed by atoms with Crippen molar-refractivity contribution in [1.82, 2.24) is 0 Å². The summed E-state index contributed by atoms with van der Waals surface area (Å²) in [6.45, 7) is 5.89. The van der Waals surface area contributed by atoms with Crippen LogP contribution in [0.5, 0.6) is 11.5 Å². The molecule has 0 radical (unpaired) electrons. The second-order valence-electron chi connectivity index (χ2n) is 8.48. The summed E-state index contributed by atoms with van der Waals surface area (Å²) in [7, 11) is 1.49. The molecule has 2 aliphatic heterocycles. The van der Waals surface area contributed by atoms with Crippen molar-refractivity contribution in [2.75, 3.05) is 13.7 Å². The predicted octanol–water partition coefficient (Wildman–Crippen LogP) is 4.51. The molecule has 2 fully saturated rings. The Morgan fingerprint density at radius 2 is 1.71 bits per heavy atom. The zero-order valence-corrected chi connectivity index (χ0v) is 19.4. The Balaban J connectivity index is 2.00. The van der Waals surface area contributed by atoms with E-state index in [0.717, 1.165) is 5.56 Å². The van der Waals surface area contributed by atoms with Gasteiger partial charge in [0.15, 0.2) is 16.9 Å². The first-order valence-corrected chi connectivity index (χ1v) is 10.9. The van der Waals surface area contributed by atoms with Gasteiger partial charge in [-0.25, -0.2) is 0 Å². The van der Waals surface area contributed by atoms with E-state index < -0.39 is 34.5 Å². The van der Waals surface area contributed by atoms with Gasteiger partial charge < -0.3 is 18.9 Å². The van der Waals surface area contributed by atoms with E-state index in [1.807, 2.05) is 50.3 Å². The van der Waals surface area contributed by atoms with Crippen LogP contribution in [0.1, 0.15) is 36.6 Å². The summed E-state index contributed by atoms with van der Waals surface area (Å²) in [5.41, 5.74) is -1.87. The summed E-state index contributed by atoms with van der Waals surface area (Å²) in [5, 5.41) is 39.8. The molecule has 2 aromatic carbocycles. The normalized spacial score (nSPS) is 28.7. The molecule has 0 aromatic heterocycles. The lowest BCUT2D eigenvalue weighted by Crippen LogP contribution is -2.57. The quantitative estimate of drug-likeness (QED) is 0.700. The fraction of sp³-hybridized carbons (Fsp3) is 0.385. The highest BCUT2D eigenvalue weighted by atomic mass is 16.7. The zero-order valence-electron chi connectivity index (χ0n) is 19.4. The Bertz CT molecular complexity index is 1260. The number of fused-ring (bicyclic) bond motifs is 2. The van der Waals surface area contributed by atoms with Gasteiger partial charge in [0.25, 0.3) is 0 Å². The van der Waals surface area contributed by atoms with Gasteiger partial charge in [-0.1, -0.05) is 42.8 Å². The van der Waals surface area contributed by atoms with E-state index >= 15 is 0 Å². The van der Waals surface area contributed by atoms with Gasteiger partial charge in [-0.05, 0) is 31.5 Å². The maximum absolute atomic E-state index is 10.4. The van der Waals surface area contributed by atoms with Gasteiger partial charge in [0.1, 0.15) is 6.10 Å². The number of hydrogen-bond acceptors (Lipinski definition) is 8. The predicted molar refractivity (Wildman–Crippen MR) is 121 cm³/mol. The average molecular weight is 457 g/mol. The van der Waals surface area contributed by atoms with Crippen LogP contribution in [0.4, 0.5) is 0 Å². The van der Waals surface area contributed by atoms with Crippen LogP contribution in [0, 0.1) is 63.1 Å². The third-order valence-electron chi connectivity index (χ3n) is 6.91. The lowest BCUT2D eigenvalue weighted by molar-refractivity contribution is -0.288. The van der Waals surface area contributed by atoms with Crippen molar-refractivity contribution in [3.05, 3.63) is 59.2 Å². The molecular weight excluding hydrogens is 432 g/mol. The smallest absolute Gasteiger partial charge is 0.244 e. The van der Waals surface area contributed by atoms with Crippen LogP contribution in [0.25, 0.3) is 0 Å². The molecule has 0 amide bonds. The van der Waals surface area contributed by atoms with Crippen molar-refractivity contribution >= 4 is 5.90 Å². The Morgan fingerprint density at radius 1 is 1.03 bits per heavy atom. The van der Waals surface area contributed by atoms with E-state index in [1.54, 1.807) is 25.1 Å². The van der Waals surface area contributed by atoms with E-state index in [0.29, 0.717) is 29.2 Å². The SMILES string of the molecule is CCOc1ccc(C2OC3(c4ccc(C)cc4)OC(=N)C(C#N)(C3C)C2(C#N)C#N)cc1OC. The monoisotopic (exact) mass is 456 g/mol. The number of ether oxygens (including phenoxy) is 4. The molecule has 2 bridgehead atoms. The van der Waals surface area contributed by atoms with E-state index in [4.69, 9.17) is 24.4 Å². The number of nitrogens with one attached hydrogen (secondary N) is 1. The zero-order chi connectivity index (χ0) is 24.7. The van der Waals surface area contributed by atoms with E-state index in [2.05, 4.69) is 6.07 Å². The standard InChI is InChI=1S/C26H24N4O4/c1-5-32-20-11-8-18(12-21(20)31-4)22-24(13-27,14-28)25(15-29)17(3)26(33-22,34-23(25)30)19-9-6-16(2)7-10-19/h6-12,17,22,30H,5H2,1-4H3. The first kappa shape index (κ1) is 23.1. The molecule has 2 aromatic rings. The highest BCUT2D eigenvalue weighted by Crippen LogP contribution is 2.69. The van der Waals surface area contributed by atoms with Crippen molar-refractivity contribution in [3.63, 3.8) is 0 Å². The molecule has 0 spiro atoms. The molecule has 0 saturated carbocycles. The number of benzene rings is 2. The summed E-state index contributed by atoms with van der Waals surface area (Å²) in [6, 6.07) is 18.6. The van der Waals surface area contributed by atoms with Crippen LogP contribution in [0.2, 0.25) is 0 Å². The fourth-order valence-electron chi connectivity index (χ4n) is 5.08. The number of methoxy groups -OCH3 is 1. The van der Waals surface area contributed by atoms with Gasteiger partial charge in [-0.3, -0.25) is 5.41 Å². The van der Waals surface area contributed by atoms with Crippen LogP contribution in [-0.2, 0) is 15.3 Å². The maximum Gasteiger partial charge on any atom is 0.244 e. The van der Waals surface area contributed by atoms with Crippen molar-refractivity contribution in [3.8, 4) is 29.7 Å². The maximum atomic E-state index is 10.4. The van der Waals surface area contributed by atoms with E-state index in [1.165, 1.54) is 7.11 Å². The second-order valence-corrected chi connectivity index (χ2v) is 8.48. The van der Waals surface area contributed by atoms with Gasteiger partial charge in [-0.15, -0.1) is 0 Å².